The average Bonchev–Trinajstić information content (AvgIpc) is 3.40. The fourth-order valence-electron chi connectivity index (χ4n) is 3.50. The molecule has 26 heavy (non-hydrogen) atoms. The maximum absolute atomic E-state index is 6.13. The molecular weight excluding hydrogens is 326 g/mol. The van der Waals surface area contributed by atoms with E-state index < -0.39 is 0 Å². The van der Waals surface area contributed by atoms with E-state index in [9.17, 15) is 0 Å². The van der Waals surface area contributed by atoms with Gasteiger partial charge in [0.15, 0.2) is 0 Å². The number of benzene rings is 1. The maximum Gasteiger partial charge on any atom is 0.139 e. The third-order valence-corrected chi connectivity index (χ3v) is 4.95. The number of nitrogens with one attached hydrogen (secondary N) is 1. The van der Waals surface area contributed by atoms with Gasteiger partial charge in [0.2, 0.25) is 0 Å². The van der Waals surface area contributed by atoms with Gasteiger partial charge in [0, 0.05) is 35.5 Å². The van der Waals surface area contributed by atoms with Crippen molar-refractivity contribution >= 4 is 16.8 Å². The minimum Gasteiger partial charge on any atom is -0.456 e. The summed E-state index contributed by atoms with van der Waals surface area (Å²) < 4.78 is 8.00. The molecule has 1 aliphatic rings. The Balaban J connectivity index is 1.54. The number of nitrogens with zero attached hydrogens (tertiary/aromatic N) is 3. The molecule has 130 valence electrons. The Bertz CT molecular complexity index is 1040. The summed E-state index contributed by atoms with van der Waals surface area (Å²) >= 11 is 0. The summed E-state index contributed by atoms with van der Waals surface area (Å²) in [6.45, 7) is 2.00. The zero-order valence-corrected chi connectivity index (χ0v) is 14.2. The van der Waals surface area contributed by atoms with Crippen molar-refractivity contribution in [1.29, 1.82) is 0 Å². The monoisotopic (exact) mass is 345 g/mol. The number of hydrogen-bond acceptors (Lipinski definition) is 5. The third kappa shape index (κ3) is 2.55. The molecule has 5 rings (SSSR count). The molecule has 1 saturated heterocycles. The minimum atomic E-state index is 0.417. The first-order valence-corrected chi connectivity index (χ1v) is 8.78. The summed E-state index contributed by atoms with van der Waals surface area (Å²) in [7, 11) is 0. The van der Waals surface area contributed by atoms with E-state index in [1.165, 1.54) is 0 Å². The van der Waals surface area contributed by atoms with Crippen LogP contribution in [0.3, 0.4) is 0 Å². The molecule has 3 N–H and O–H groups in total. The first kappa shape index (κ1) is 15.2. The molecule has 0 spiro atoms. The van der Waals surface area contributed by atoms with E-state index in [1.807, 2.05) is 47.3 Å². The highest BCUT2D eigenvalue weighted by Crippen LogP contribution is 2.33. The van der Waals surface area contributed by atoms with E-state index in [0.717, 1.165) is 52.9 Å². The van der Waals surface area contributed by atoms with Crippen LogP contribution in [0, 0.1) is 0 Å². The Kier molecular flexibility index (Phi) is 3.50. The molecule has 1 aliphatic heterocycles. The van der Waals surface area contributed by atoms with Gasteiger partial charge in [0.05, 0.1) is 17.8 Å². The van der Waals surface area contributed by atoms with E-state index in [4.69, 9.17) is 10.2 Å². The predicted molar refractivity (Wildman–Crippen MR) is 102 cm³/mol. The van der Waals surface area contributed by atoms with Crippen molar-refractivity contribution in [3.8, 4) is 22.5 Å². The van der Waals surface area contributed by atoms with Crippen molar-refractivity contribution in [2.45, 2.75) is 12.5 Å². The number of aromatic nitrogens is 3. The molecule has 0 saturated carbocycles. The summed E-state index contributed by atoms with van der Waals surface area (Å²) in [5.41, 5.74) is 9.78. The summed E-state index contributed by atoms with van der Waals surface area (Å²) in [5.74, 6) is 1.19. The van der Waals surface area contributed by atoms with Gasteiger partial charge in [0.25, 0.3) is 0 Å². The number of para-hydroxylation sites is 1. The fraction of sp³-hybridized carbons (Fsp3) is 0.200. The lowest BCUT2D eigenvalue weighted by atomic mass is 10.1. The second kappa shape index (κ2) is 6.00. The number of nitrogen functional groups attached to an aromatic ring is 1. The van der Waals surface area contributed by atoms with Crippen LogP contribution >= 0.6 is 0 Å². The number of furan rings is 1. The molecule has 3 aromatic heterocycles. The van der Waals surface area contributed by atoms with Gasteiger partial charge in [-0.05, 0) is 31.2 Å². The standard InChI is InChI=1S/C20H19N5O/c21-20-17(19-8-13-3-1-2-4-18(13)26-19)7-14(9-23-20)15-10-24-25(12-15)16-5-6-22-11-16/h1-4,7-10,12,16,22H,5-6,11H2,(H2,21,23)/t16-/m0/s1. The molecule has 0 amide bonds. The molecule has 4 heterocycles. The molecular formula is C20H19N5O. The number of hydrogen-bond donors (Lipinski definition) is 2. The van der Waals surface area contributed by atoms with Gasteiger partial charge in [0.1, 0.15) is 17.2 Å². The van der Waals surface area contributed by atoms with E-state index >= 15 is 0 Å². The predicted octanol–water partition coefficient (Wildman–Crippen LogP) is 3.47. The smallest absolute Gasteiger partial charge is 0.139 e. The molecule has 6 nitrogen and oxygen atoms in total. The Hall–Kier alpha value is -3.12. The zero-order chi connectivity index (χ0) is 17.5. The fourth-order valence-corrected chi connectivity index (χ4v) is 3.50. The first-order chi connectivity index (χ1) is 12.8. The Morgan fingerprint density at radius 1 is 1.15 bits per heavy atom. The molecule has 0 unspecified atom stereocenters. The summed E-state index contributed by atoms with van der Waals surface area (Å²) in [6.07, 6.45) is 6.85. The Morgan fingerprint density at radius 2 is 2.08 bits per heavy atom. The van der Waals surface area contributed by atoms with Gasteiger partial charge >= 0.3 is 0 Å². The highest BCUT2D eigenvalue weighted by Gasteiger charge is 2.18. The number of pyridine rings is 1. The van der Waals surface area contributed by atoms with Gasteiger partial charge in [-0.15, -0.1) is 0 Å². The van der Waals surface area contributed by atoms with Gasteiger partial charge in [-0.25, -0.2) is 4.98 Å². The van der Waals surface area contributed by atoms with Crippen LogP contribution in [0.5, 0.6) is 0 Å². The first-order valence-electron chi connectivity index (χ1n) is 8.78. The van der Waals surface area contributed by atoms with Crippen molar-refractivity contribution < 1.29 is 4.42 Å². The molecule has 0 radical (unpaired) electrons. The molecule has 1 fully saturated rings. The van der Waals surface area contributed by atoms with E-state index in [2.05, 4.69) is 21.6 Å². The highest BCUT2D eigenvalue weighted by molar-refractivity contribution is 5.86. The summed E-state index contributed by atoms with van der Waals surface area (Å²) in [5, 5.41) is 8.95. The zero-order valence-electron chi connectivity index (χ0n) is 14.2. The van der Waals surface area contributed by atoms with E-state index in [0.29, 0.717) is 11.9 Å². The molecule has 1 aromatic carbocycles. The number of nitrogens with two attached hydrogens (primary N) is 1. The van der Waals surface area contributed by atoms with Crippen molar-refractivity contribution in [3.05, 3.63) is 55.0 Å². The van der Waals surface area contributed by atoms with E-state index in [-0.39, 0.29) is 0 Å². The van der Waals surface area contributed by atoms with Crippen molar-refractivity contribution in [2.75, 3.05) is 18.8 Å². The Morgan fingerprint density at radius 3 is 2.92 bits per heavy atom. The maximum atomic E-state index is 6.13. The molecule has 6 heteroatoms. The second-order valence-electron chi connectivity index (χ2n) is 6.66. The average molecular weight is 345 g/mol. The molecule has 0 aliphatic carbocycles. The van der Waals surface area contributed by atoms with Crippen LogP contribution in [0.1, 0.15) is 12.5 Å². The molecule has 1 atom stereocenters. The Labute approximate surface area is 150 Å². The van der Waals surface area contributed by atoms with Gasteiger partial charge in [-0.2, -0.15) is 5.10 Å². The summed E-state index contributed by atoms with van der Waals surface area (Å²) in [6, 6.07) is 12.4. The van der Waals surface area contributed by atoms with Crippen molar-refractivity contribution in [1.82, 2.24) is 20.1 Å². The number of fused-ring (bicyclic) bond motifs is 1. The van der Waals surface area contributed by atoms with Gasteiger partial charge < -0.3 is 15.5 Å². The highest BCUT2D eigenvalue weighted by atomic mass is 16.3. The van der Waals surface area contributed by atoms with Gasteiger partial charge in [-0.1, -0.05) is 18.2 Å². The normalized spacial score (nSPS) is 17.2. The van der Waals surface area contributed by atoms with Crippen molar-refractivity contribution in [2.24, 2.45) is 0 Å². The van der Waals surface area contributed by atoms with Crippen LogP contribution in [0.25, 0.3) is 33.4 Å². The van der Waals surface area contributed by atoms with Crippen LogP contribution in [-0.4, -0.2) is 27.9 Å². The van der Waals surface area contributed by atoms with Crippen LogP contribution in [0.4, 0.5) is 5.82 Å². The summed E-state index contributed by atoms with van der Waals surface area (Å²) in [4.78, 5) is 4.38. The van der Waals surface area contributed by atoms with Crippen LogP contribution in [-0.2, 0) is 0 Å². The number of rotatable bonds is 3. The lowest BCUT2D eigenvalue weighted by Crippen LogP contribution is -2.13. The molecule has 4 aromatic rings. The SMILES string of the molecule is Nc1ncc(-c2cnn([C@H]3CCNC3)c2)cc1-c1cc2ccccc2o1. The topological polar surface area (TPSA) is 81.9 Å². The van der Waals surface area contributed by atoms with Gasteiger partial charge in [-0.3, -0.25) is 4.68 Å². The lowest BCUT2D eigenvalue weighted by molar-refractivity contribution is 0.491. The second-order valence-corrected chi connectivity index (χ2v) is 6.66. The minimum absolute atomic E-state index is 0.417. The van der Waals surface area contributed by atoms with E-state index in [1.54, 1.807) is 6.20 Å². The van der Waals surface area contributed by atoms with Crippen LogP contribution < -0.4 is 11.1 Å². The van der Waals surface area contributed by atoms with Crippen LogP contribution in [0.15, 0.2) is 59.4 Å². The third-order valence-electron chi connectivity index (χ3n) is 4.95. The largest absolute Gasteiger partial charge is 0.456 e. The number of anilines is 1. The quantitative estimate of drug-likeness (QED) is 0.594. The molecule has 0 bridgehead atoms. The lowest BCUT2D eigenvalue weighted by Gasteiger charge is -2.08. The van der Waals surface area contributed by atoms with Crippen LogP contribution in [0.2, 0.25) is 0 Å². The van der Waals surface area contributed by atoms with Crippen molar-refractivity contribution in [3.63, 3.8) is 0 Å².